The summed E-state index contributed by atoms with van der Waals surface area (Å²) in [6.45, 7) is 2.77. The Morgan fingerprint density at radius 3 is 2.93 bits per heavy atom. The fraction of sp³-hybridized carbons (Fsp3) is 0.217. The third-order valence-electron chi connectivity index (χ3n) is 4.67. The topological polar surface area (TPSA) is 76.3 Å². The van der Waals surface area contributed by atoms with Crippen LogP contribution >= 0.6 is 0 Å². The Kier molecular flexibility index (Phi) is 5.84. The number of hydrogen-bond donors (Lipinski definition) is 2. The Labute approximate surface area is 171 Å². The van der Waals surface area contributed by atoms with Gasteiger partial charge in [0.2, 0.25) is 5.95 Å². The molecule has 0 saturated heterocycles. The van der Waals surface area contributed by atoms with Crippen molar-refractivity contribution in [3.63, 3.8) is 0 Å². The summed E-state index contributed by atoms with van der Waals surface area (Å²) in [5.74, 6) is 0.540. The van der Waals surface area contributed by atoms with Gasteiger partial charge in [0.1, 0.15) is 0 Å². The van der Waals surface area contributed by atoms with Gasteiger partial charge in [-0.2, -0.15) is 0 Å². The van der Waals surface area contributed by atoms with E-state index in [2.05, 4.69) is 57.6 Å². The van der Waals surface area contributed by atoms with E-state index in [1.165, 1.54) is 0 Å². The Morgan fingerprint density at radius 2 is 2.00 bits per heavy atom. The van der Waals surface area contributed by atoms with Gasteiger partial charge in [-0.25, -0.2) is 9.97 Å². The van der Waals surface area contributed by atoms with Crippen LogP contribution in [-0.4, -0.2) is 35.1 Å². The summed E-state index contributed by atoms with van der Waals surface area (Å²) in [7, 11) is 2.08. The predicted molar refractivity (Wildman–Crippen MR) is 117 cm³/mol. The molecule has 0 unspecified atom stereocenters. The zero-order valence-electron chi connectivity index (χ0n) is 16.5. The molecular formula is C23H25N5O. The Bertz CT molecular complexity index is 1020. The molecule has 3 aromatic rings. The molecular weight excluding hydrogens is 362 g/mol. The molecule has 1 aliphatic rings. The minimum absolute atomic E-state index is 0.540. The highest BCUT2D eigenvalue weighted by Gasteiger charge is 2.07. The van der Waals surface area contributed by atoms with Crippen molar-refractivity contribution in [1.29, 1.82) is 0 Å². The smallest absolute Gasteiger partial charge is 0.227 e. The number of hydrogen-bond acceptors (Lipinski definition) is 6. The molecule has 0 aliphatic carbocycles. The fourth-order valence-electron chi connectivity index (χ4n) is 3.35. The van der Waals surface area contributed by atoms with Crippen molar-refractivity contribution < 1.29 is 4.74 Å². The summed E-state index contributed by atoms with van der Waals surface area (Å²) in [6.07, 6.45) is 5.95. The van der Waals surface area contributed by atoms with Crippen molar-refractivity contribution in [2.75, 3.05) is 31.2 Å². The number of nitrogens with zero attached hydrogens (tertiary/aromatic N) is 3. The van der Waals surface area contributed by atoms with Gasteiger partial charge >= 0.3 is 0 Å². The third-order valence-corrected chi connectivity index (χ3v) is 4.67. The van der Waals surface area contributed by atoms with E-state index in [1.807, 2.05) is 30.3 Å². The van der Waals surface area contributed by atoms with Crippen LogP contribution in [-0.2, 0) is 17.9 Å². The SMILES string of the molecule is CN1C/C=C/COCc2cccc(c2)-c2ccnc(n2)Nc2cc(N)cc(c2)C1. The van der Waals surface area contributed by atoms with Gasteiger partial charge in [-0.15, -0.1) is 0 Å². The lowest BCUT2D eigenvalue weighted by atomic mass is 10.1. The molecule has 1 aliphatic heterocycles. The molecule has 6 nitrogen and oxygen atoms in total. The van der Waals surface area contributed by atoms with E-state index >= 15 is 0 Å². The van der Waals surface area contributed by atoms with Crippen molar-refractivity contribution in [3.05, 3.63) is 78.0 Å². The van der Waals surface area contributed by atoms with Gasteiger partial charge in [-0.1, -0.05) is 30.4 Å². The van der Waals surface area contributed by atoms with Crippen molar-refractivity contribution in [2.24, 2.45) is 0 Å². The Morgan fingerprint density at radius 1 is 1.07 bits per heavy atom. The molecule has 0 atom stereocenters. The molecule has 1 aromatic heterocycles. The number of nitrogens with two attached hydrogens (primary N) is 1. The zero-order valence-corrected chi connectivity index (χ0v) is 16.5. The summed E-state index contributed by atoms with van der Waals surface area (Å²) in [5, 5.41) is 3.29. The second-order valence-electron chi connectivity index (χ2n) is 7.24. The van der Waals surface area contributed by atoms with E-state index in [-0.39, 0.29) is 0 Å². The lowest BCUT2D eigenvalue weighted by molar-refractivity contribution is 0.148. The summed E-state index contributed by atoms with van der Waals surface area (Å²) in [6, 6.07) is 16.1. The van der Waals surface area contributed by atoms with E-state index in [0.29, 0.717) is 24.8 Å². The number of likely N-dealkylation sites (N-methyl/N-ethyl adjacent to an activating group) is 1. The van der Waals surface area contributed by atoms with Crippen LogP contribution in [0.4, 0.5) is 17.3 Å². The first-order chi connectivity index (χ1) is 14.2. The molecule has 2 aromatic carbocycles. The molecule has 0 amide bonds. The standard InChI is InChI=1S/C23H25N5O/c1-28-9-2-3-10-29-16-17-5-4-6-19(11-17)22-7-8-25-23(27-22)26-21-13-18(15-28)12-20(24)14-21/h2-8,11-14H,9-10,15-16,24H2,1H3,(H,25,26,27)/b3-2+. The molecule has 6 bridgehead atoms. The third kappa shape index (κ3) is 5.19. The maximum absolute atomic E-state index is 6.13. The molecule has 0 fully saturated rings. The largest absolute Gasteiger partial charge is 0.399 e. The number of anilines is 3. The summed E-state index contributed by atoms with van der Waals surface area (Å²) >= 11 is 0. The van der Waals surface area contributed by atoms with Crippen LogP contribution in [0.5, 0.6) is 0 Å². The molecule has 6 heteroatoms. The average Bonchev–Trinajstić information content (AvgIpc) is 2.70. The molecule has 2 heterocycles. The van der Waals surface area contributed by atoms with E-state index < -0.39 is 0 Å². The van der Waals surface area contributed by atoms with E-state index in [9.17, 15) is 0 Å². The van der Waals surface area contributed by atoms with E-state index in [0.717, 1.165) is 41.2 Å². The highest BCUT2D eigenvalue weighted by molar-refractivity contribution is 5.65. The molecule has 0 radical (unpaired) electrons. The predicted octanol–water partition coefficient (Wildman–Crippen LogP) is 3.99. The summed E-state index contributed by atoms with van der Waals surface area (Å²) in [4.78, 5) is 11.3. The van der Waals surface area contributed by atoms with Crippen LogP contribution < -0.4 is 11.1 Å². The number of nitrogens with one attached hydrogen (secondary N) is 1. The number of fused-ring (bicyclic) bond motifs is 7. The van der Waals surface area contributed by atoms with E-state index in [4.69, 9.17) is 10.5 Å². The van der Waals surface area contributed by atoms with Gasteiger partial charge in [-0.3, -0.25) is 4.90 Å². The number of nitrogen functional groups attached to an aromatic ring is 1. The normalized spacial score (nSPS) is 16.3. The zero-order chi connectivity index (χ0) is 20.1. The second-order valence-corrected chi connectivity index (χ2v) is 7.24. The Balaban J connectivity index is 1.70. The molecule has 0 saturated carbocycles. The molecule has 148 valence electrons. The molecule has 29 heavy (non-hydrogen) atoms. The lowest BCUT2D eigenvalue weighted by Gasteiger charge is -2.16. The minimum atomic E-state index is 0.540. The van der Waals surface area contributed by atoms with Gasteiger partial charge in [0.25, 0.3) is 0 Å². The summed E-state index contributed by atoms with van der Waals surface area (Å²) < 4.78 is 5.79. The summed E-state index contributed by atoms with van der Waals surface area (Å²) in [5.41, 5.74) is 11.8. The van der Waals surface area contributed by atoms with E-state index in [1.54, 1.807) is 6.20 Å². The van der Waals surface area contributed by atoms with Gasteiger partial charge in [-0.05, 0) is 48.5 Å². The highest BCUT2D eigenvalue weighted by Crippen LogP contribution is 2.23. The van der Waals surface area contributed by atoms with Crippen molar-refractivity contribution in [3.8, 4) is 11.3 Å². The van der Waals surface area contributed by atoms with Gasteiger partial charge in [0.15, 0.2) is 0 Å². The van der Waals surface area contributed by atoms with Crippen LogP contribution in [0, 0.1) is 0 Å². The number of ether oxygens (including phenoxy) is 1. The maximum atomic E-state index is 6.13. The average molecular weight is 387 g/mol. The van der Waals surface area contributed by atoms with Crippen molar-refractivity contribution in [1.82, 2.24) is 14.9 Å². The van der Waals surface area contributed by atoms with Gasteiger partial charge in [0, 0.05) is 36.2 Å². The molecule has 0 spiro atoms. The second kappa shape index (κ2) is 8.86. The van der Waals surface area contributed by atoms with Gasteiger partial charge in [0.05, 0.1) is 18.9 Å². The number of benzene rings is 2. The molecule has 4 rings (SSSR count). The van der Waals surface area contributed by atoms with Crippen LogP contribution in [0.3, 0.4) is 0 Å². The lowest BCUT2D eigenvalue weighted by Crippen LogP contribution is -2.18. The van der Waals surface area contributed by atoms with Crippen LogP contribution in [0.1, 0.15) is 11.1 Å². The first-order valence-corrected chi connectivity index (χ1v) is 9.66. The number of aromatic nitrogens is 2. The highest BCUT2D eigenvalue weighted by atomic mass is 16.5. The number of rotatable bonds is 0. The quantitative estimate of drug-likeness (QED) is 0.449. The first-order valence-electron chi connectivity index (χ1n) is 9.66. The Hall–Kier alpha value is -3.22. The molecule has 3 N–H and O–H groups in total. The maximum Gasteiger partial charge on any atom is 0.227 e. The van der Waals surface area contributed by atoms with Crippen LogP contribution in [0.2, 0.25) is 0 Å². The van der Waals surface area contributed by atoms with Crippen molar-refractivity contribution in [2.45, 2.75) is 13.2 Å². The fourth-order valence-corrected chi connectivity index (χ4v) is 3.35. The monoisotopic (exact) mass is 387 g/mol. The van der Waals surface area contributed by atoms with Gasteiger partial charge < -0.3 is 15.8 Å². The minimum Gasteiger partial charge on any atom is -0.399 e. The van der Waals surface area contributed by atoms with Crippen LogP contribution in [0.15, 0.2) is 66.9 Å². The first kappa shape index (κ1) is 19.1. The van der Waals surface area contributed by atoms with Crippen molar-refractivity contribution >= 4 is 17.3 Å². The van der Waals surface area contributed by atoms with Crippen LogP contribution in [0.25, 0.3) is 11.3 Å².